The molecule has 61 heavy (non-hydrogen) atoms. The first kappa shape index (κ1) is 36.5. The highest BCUT2D eigenvalue weighted by molar-refractivity contribution is 7.26. The number of fused-ring (bicyclic) bond motifs is 9. The van der Waals surface area contributed by atoms with Gasteiger partial charge in [-0.25, -0.2) is 0 Å². The number of benzene rings is 8. The van der Waals surface area contributed by atoms with Gasteiger partial charge in [0.1, 0.15) is 0 Å². The summed E-state index contributed by atoms with van der Waals surface area (Å²) in [6.07, 6.45) is 0. The standard InChI is InChI=1S/C55H34N4S2/c1-31-4-12-41(32(2)20-31)42-13-5-34(28-56)21-45(42)33(3)37-8-16-52-46(24-37)47-25-38(9-17-53(47)60-52)39-10-18-54-48(26-39)49-27-40(11-19-55(49)61-54)59-50-22-35(29-57)6-14-43(50)44-15-7-36(30-58)23-51(44)59/h4-27,33H,1-3H3. The minimum absolute atomic E-state index is 0.0648. The molecule has 0 fully saturated rings. The zero-order chi connectivity index (χ0) is 41.5. The quantitative estimate of drug-likeness (QED) is 0.174. The molecule has 0 saturated carbocycles. The lowest BCUT2D eigenvalue weighted by atomic mass is 9.84. The fourth-order valence-electron chi connectivity index (χ4n) is 9.29. The molecule has 4 nitrogen and oxygen atoms in total. The summed E-state index contributed by atoms with van der Waals surface area (Å²) < 4.78 is 7.12. The summed E-state index contributed by atoms with van der Waals surface area (Å²) >= 11 is 3.61. The van der Waals surface area contributed by atoms with Crippen LogP contribution in [0.2, 0.25) is 0 Å². The van der Waals surface area contributed by atoms with Crippen molar-refractivity contribution in [3.63, 3.8) is 0 Å². The summed E-state index contributed by atoms with van der Waals surface area (Å²) in [5.41, 5.74) is 14.3. The van der Waals surface area contributed by atoms with Gasteiger partial charge in [0, 0.05) is 62.7 Å². The van der Waals surface area contributed by atoms with Crippen LogP contribution in [0.3, 0.4) is 0 Å². The molecule has 3 aromatic heterocycles. The second-order valence-corrected chi connectivity index (χ2v) is 18.2. The zero-order valence-electron chi connectivity index (χ0n) is 33.5. The summed E-state index contributed by atoms with van der Waals surface area (Å²) in [5.74, 6) is 0.0648. The Balaban J connectivity index is 1.02. The average Bonchev–Trinajstić information content (AvgIpc) is 3.96. The second kappa shape index (κ2) is 14.0. The molecule has 0 N–H and O–H groups in total. The van der Waals surface area contributed by atoms with Gasteiger partial charge in [-0.05, 0) is 144 Å². The van der Waals surface area contributed by atoms with E-state index in [-0.39, 0.29) is 5.92 Å². The lowest BCUT2D eigenvalue weighted by molar-refractivity contribution is 0.926. The van der Waals surface area contributed by atoms with Gasteiger partial charge in [-0.3, -0.25) is 0 Å². The number of thiophene rings is 2. The fraction of sp³-hybridized carbons (Fsp3) is 0.0727. The number of hydrogen-bond donors (Lipinski definition) is 0. The highest BCUT2D eigenvalue weighted by Crippen LogP contribution is 2.43. The number of hydrogen-bond acceptors (Lipinski definition) is 5. The molecule has 0 aliphatic carbocycles. The van der Waals surface area contributed by atoms with Crippen molar-refractivity contribution in [1.82, 2.24) is 4.57 Å². The molecule has 0 aliphatic rings. The largest absolute Gasteiger partial charge is 0.309 e. The highest BCUT2D eigenvalue weighted by atomic mass is 32.1. The van der Waals surface area contributed by atoms with Gasteiger partial charge in [-0.15, -0.1) is 22.7 Å². The minimum atomic E-state index is 0.0648. The first-order valence-electron chi connectivity index (χ1n) is 20.2. The van der Waals surface area contributed by atoms with Gasteiger partial charge in [0.05, 0.1) is 45.9 Å². The molecule has 0 radical (unpaired) electrons. The van der Waals surface area contributed by atoms with Crippen LogP contribution in [0.25, 0.3) is 90.1 Å². The van der Waals surface area contributed by atoms with Crippen molar-refractivity contribution in [2.24, 2.45) is 0 Å². The molecular formula is C55H34N4S2. The molecule has 6 heteroatoms. The Labute approximate surface area is 360 Å². The van der Waals surface area contributed by atoms with Gasteiger partial charge in [0.2, 0.25) is 0 Å². The molecule has 3 heterocycles. The Kier molecular flexibility index (Phi) is 8.42. The zero-order valence-corrected chi connectivity index (χ0v) is 35.2. The molecule has 0 aliphatic heterocycles. The van der Waals surface area contributed by atoms with Crippen molar-refractivity contribution in [3.8, 4) is 46.1 Å². The van der Waals surface area contributed by atoms with Gasteiger partial charge in [-0.1, -0.05) is 67.1 Å². The number of aryl methyl sites for hydroxylation is 2. The van der Waals surface area contributed by atoms with Crippen LogP contribution in [0.4, 0.5) is 0 Å². The number of nitrogens with zero attached hydrogens (tertiary/aromatic N) is 4. The fourth-order valence-corrected chi connectivity index (χ4v) is 11.4. The van der Waals surface area contributed by atoms with Crippen molar-refractivity contribution >= 4 is 84.8 Å². The van der Waals surface area contributed by atoms with Crippen LogP contribution >= 0.6 is 22.7 Å². The molecule has 0 amide bonds. The van der Waals surface area contributed by atoms with Crippen LogP contribution < -0.4 is 0 Å². The van der Waals surface area contributed by atoms with Crippen LogP contribution in [-0.4, -0.2) is 4.57 Å². The molecule has 11 aromatic rings. The van der Waals surface area contributed by atoms with E-state index in [0.717, 1.165) is 44.2 Å². The monoisotopic (exact) mass is 814 g/mol. The molecule has 286 valence electrons. The Morgan fingerprint density at radius 3 is 1.56 bits per heavy atom. The van der Waals surface area contributed by atoms with Crippen LogP contribution in [0.1, 0.15) is 51.8 Å². The van der Waals surface area contributed by atoms with Crippen LogP contribution in [0, 0.1) is 47.8 Å². The van der Waals surface area contributed by atoms with Gasteiger partial charge < -0.3 is 4.57 Å². The molecule has 0 saturated heterocycles. The topological polar surface area (TPSA) is 76.3 Å². The van der Waals surface area contributed by atoms with Gasteiger partial charge in [0.15, 0.2) is 0 Å². The molecular weight excluding hydrogens is 781 g/mol. The summed E-state index contributed by atoms with van der Waals surface area (Å²) in [4.78, 5) is 0. The van der Waals surface area contributed by atoms with E-state index in [0.29, 0.717) is 16.7 Å². The summed E-state index contributed by atoms with van der Waals surface area (Å²) in [6.45, 7) is 6.54. The number of aromatic nitrogens is 1. The Morgan fingerprint density at radius 1 is 0.459 bits per heavy atom. The second-order valence-electron chi connectivity index (χ2n) is 16.0. The third-order valence-electron chi connectivity index (χ3n) is 12.4. The predicted molar refractivity (Wildman–Crippen MR) is 255 cm³/mol. The van der Waals surface area contributed by atoms with E-state index in [1.54, 1.807) is 11.3 Å². The minimum Gasteiger partial charge on any atom is -0.309 e. The average molecular weight is 815 g/mol. The van der Waals surface area contributed by atoms with Gasteiger partial charge in [-0.2, -0.15) is 15.8 Å². The molecule has 8 aromatic carbocycles. The normalized spacial score (nSPS) is 12.1. The first-order valence-corrected chi connectivity index (χ1v) is 21.9. The molecule has 0 spiro atoms. The van der Waals surface area contributed by atoms with Gasteiger partial charge in [0.25, 0.3) is 0 Å². The van der Waals surface area contributed by atoms with Crippen molar-refractivity contribution < 1.29 is 0 Å². The van der Waals surface area contributed by atoms with Crippen molar-refractivity contribution in [2.45, 2.75) is 26.7 Å². The third-order valence-corrected chi connectivity index (χ3v) is 14.7. The summed E-state index contributed by atoms with van der Waals surface area (Å²) in [5, 5.41) is 36.5. The van der Waals surface area contributed by atoms with E-state index in [2.05, 4.69) is 147 Å². The Morgan fingerprint density at radius 2 is 0.967 bits per heavy atom. The first-order chi connectivity index (χ1) is 29.8. The van der Waals surface area contributed by atoms with Crippen molar-refractivity contribution in [1.29, 1.82) is 15.8 Å². The van der Waals surface area contributed by atoms with Gasteiger partial charge >= 0.3 is 0 Å². The van der Waals surface area contributed by atoms with Crippen molar-refractivity contribution in [2.75, 3.05) is 0 Å². The van der Waals surface area contributed by atoms with E-state index in [9.17, 15) is 15.8 Å². The van der Waals surface area contributed by atoms with Crippen LogP contribution in [-0.2, 0) is 0 Å². The summed E-state index contributed by atoms with van der Waals surface area (Å²) in [7, 11) is 0. The maximum atomic E-state index is 9.90. The Bertz CT molecular complexity index is 3730. The smallest absolute Gasteiger partial charge is 0.0992 e. The third kappa shape index (κ3) is 5.90. The number of rotatable bonds is 5. The van der Waals surface area contributed by atoms with Crippen LogP contribution in [0.15, 0.2) is 146 Å². The molecule has 0 bridgehead atoms. The SMILES string of the molecule is Cc1ccc(-c2ccc(C#N)cc2C(C)c2ccc3sc4ccc(-c5ccc6sc7ccc(-n8c9cc(C#N)ccc9c9ccc(C#N)cc98)cc7c6c5)cc4c3c2)c(C)c1. The predicted octanol–water partition coefficient (Wildman–Crippen LogP) is 15.2. The van der Waals surface area contributed by atoms with Crippen LogP contribution in [0.5, 0.6) is 0 Å². The van der Waals surface area contributed by atoms with E-state index in [1.165, 1.54) is 68.2 Å². The number of nitriles is 3. The maximum absolute atomic E-state index is 9.90. The lowest BCUT2D eigenvalue weighted by Crippen LogP contribution is -2.01. The lowest BCUT2D eigenvalue weighted by Gasteiger charge is -2.19. The molecule has 1 unspecified atom stereocenters. The maximum Gasteiger partial charge on any atom is 0.0992 e. The van der Waals surface area contributed by atoms with E-state index in [1.807, 2.05) is 53.8 Å². The molecule has 1 atom stereocenters. The van der Waals surface area contributed by atoms with E-state index < -0.39 is 0 Å². The van der Waals surface area contributed by atoms with E-state index in [4.69, 9.17) is 0 Å². The highest BCUT2D eigenvalue weighted by Gasteiger charge is 2.20. The summed E-state index contributed by atoms with van der Waals surface area (Å²) in [6, 6.07) is 58.4. The Hall–Kier alpha value is -7.53. The van der Waals surface area contributed by atoms with Crippen molar-refractivity contribution in [3.05, 3.63) is 185 Å². The molecule has 11 rings (SSSR count). The van der Waals surface area contributed by atoms with E-state index >= 15 is 0 Å².